The second-order valence-corrected chi connectivity index (χ2v) is 7.66. The molecule has 0 N–H and O–H groups in total. The van der Waals surface area contributed by atoms with Gasteiger partial charge < -0.3 is 9.80 Å². The minimum atomic E-state index is -0.494. The lowest BCUT2D eigenvalue weighted by atomic mass is 10.2. The van der Waals surface area contributed by atoms with E-state index < -0.39 is 5.56 Å². The summed E-state index contributed by atoms with van der Waals surface area (Å²) >= 11 is 0. The molecule has 1 fully saturated rings. The van der Waals surface area contributed by atoms with Crippen LogP contribution in [0.1, 0.15) is 44.0 Å². The van der Waals surface area contributed by atoms with Crippen LogP contribution in [0, 0.1) is 0 Å². The normalized spacial score (nSPS) is 14.9. The van der Waals surface area contributed by atoms with Gasteiger partial charge in [-0.05, 0) is 26.9 Å². The number of rotatable bonds is 6. The molecule has 28 heavy (non-hydrogen) atoms. The molecule has 0 saturated heterocycles. The van der Waals surface area contributed by atoms with Gasteiger partial charge in [-0.3, -0.25) is 18.7 Å². The lowest BCUT2D eigenvalue weighted by Crippen LogP contribution is -2.40. The maximum Gasteiger partial charge on any atom is 0.332 e. The van der Waals surface area contributed by atoms with Crippen molar-refractivity contribution in [1.29, 1.82) is 0 Å². The number of carbonyl (C=O) groups is 1. The van der Waals surface area contributed by atoms with Gasteiger partial charge in [0.05, 0.1) is 6.54 Å². The fourth-order valence-corrected chi connectivity index (χ4v) is 3.53. The number of nitrogens with zero attached hydrogens (tertiary/aromatic N) is 7. The van der Waals surface area contributed by atoms with Crippen LogP contribution >= 0.6 is 0 Å². The smallest absolute Gasteiger partial charge is 0.332 e. The standard InChI is InChI=1S/C18H27N7O3/c1-22(2)10-9-14(26)23(3)11-13-19-15-16(21-20-13)25(12-7-5-6-8-12)18(28)24(4)17(15)27/h12H,5-11H2,1-4H3. The molecule has 152 valence electrons. The Morgan fingerprint density at radius 1 is 1.14 bits per heavy atom. The molecule has 1 amide bonds. The number of amides is 1. The van der Waals surface area contributed by atoms with Gasteiger partial charge in [0, 0.05) is 33.1 Å². The summed E-state index contributed by atoms with van der Waals surface area (Å²) in [6.45, 7) is 0.801. The van der Waals surface area contributed by atoms with E-state index in [9.17, 15) is 14.4 Å². The zero-order chi connectivity index (χ0) is 20.4. The van der Waals surface area contributed by atoms with Crippen LogP contribution in [0.4, 0.5) is 0 Å². The van der Waals surface area contributed by atoms with Crippen molar-refractivity contribution in [1.82, 2.24) is 34.1 Å². The first kappa shape index (κ1) is 20.1. The third-order valence-corrected chi connectivity index (χ3v) is 5.21. The Balaban J connectivity index is 1.94. The summed E-state index contributed by atoms with van der Waals surface area (Å²) in [6, 6.07) is 0.0130. The molecule has 3 rings (SSSR count). The van der Waals surface area contributed by atoms with E-state index in [2.05, 4.69) is 15.2 Å². The van der Waals surface area contributed by atoms with E-state index in [1.165, 1.54) is 11.9 Å². The maximum absolute atomic E-state index is 12.6. The van der Waals surface area contributed by atoms with Crippen molar-refractivity contribution in [2.75, 3.05) is 27.7 Å². The largest absolute Gasteiger partial charge is 0.338 e. The highest BCUT2D eigenvalue weighted by molar-refractivity contribution is 5.76. The van der Waals surface area contributed by atoms with E-state index in [1.54, 1.807) is 11.6 Å². The Labute approximate surface area is 162 Å². The van der Waals surface area contributed by atoms with Gasteiger partial charge in [0.1, 0.15) is 0 Å². The molecule has 0 spiro atoms. The molecule has 2 aromatic rings. The molecule has 10 heteroatoms. The average Bonchev–Trinajstić information content (AvgIpc) is 3.19. The third kappa shape index (κ3) is 3.96. The predicted octanol–water partition coefficient (Wildman–Crippen LogP) is -0.0896. The third-order valence-electron chi connectivity index (χ3n) is 5.21. The Morgan fingerprint density at radius 3 is 2.46 bits per heavy atom. The van der Waals surface area contributed by atoms with Crippen LogP contribution in [0.2, 0.25) is 0 Å². The van der Waals surface area contributed by atoms with Gasteiger partial charge in [0.25, 0.3) is 5.56 Å². The number of fused-ring (bicyclic) bond motifs is 1. The highest BCUT2D eigenvalue weighted by Gasteiger charge is 2.24. The van der Waals surface area contributed by atoms with Crippen LogP contribution in [-0.2, 0) is 18.4 Å². The summed E-state index contributed by atoms with van der Waals surface area (Å²) < 4.78 is 2.63. The van der Waals surface area contributed by atoms with Crippen molar-refractivity contribution in [3.8, 4) is 0 Å². The van der Waals surface area contributed by atoms with Crippen LogP contribution in [-0.4, -0.2) is 67.7 Å². The van der Waals surface area contributed by atoms with Crippen molar-refractivity contribution in [2.24, 2.45) is 7.05 Å². The minimum Gasteiger partial charge on any atom is -0.338 e. The summed E-state index contributed by atoms with van der Waals surface area (Å²) in [5.74, 6) is 0.239. The first-order chi connectivity index (χ1) is 13.3. The Hall–Kier alpha value is -2.62. The molecule has 1 saturated carbocycles. The molecule has 0 aromatic carbocycles. The molecular weight excluding hydrogens is 362 g/mol. The summed E-state index contributed by atoms with van der Waals surface area (Å²) in [7, 11) is 6.93. The molecule has 0 bridgehead atoms. The molecule has 0 radical (unpaired) electrons. The number of aromatic nitrogens is 5. The van der Waals surface area contributed by atoms with Crippen molar-refractivity contribution in [3.05, 3.63) is 26.7 Å². The van der Waals surface area contributed by atoms with E-state index in [1.807, 2.05) is 19.0 Å². The molecule has 10 nitrogen and oxygen atoms in total. The van der Waals surface area contributed by atoms with Gasteiger partial charge in [-0.25, -0.2) is 9.78 Å². The van der Waals surface area contributed by atoms with Gasteiger partial charge in [-0.1, -0.05) is 12.8 Å². The highest BCUT2D eigenvalue weighted by Crippen LogP contribution is 2.29. The SMILES string of the molecule is CN(C)CCC(=O)N(C)Cc1nnc2c(n1)c(=O)n(C)c(=O)n2C1CCCC1. The van der Waals surface area contributed by atoms with Crippen LogP contribution in [0.5, 0.6) is 0 Å². The lowest BCUT2D eigenvalue weighted by Gasteiger charge is -2.18. The lowest BCUT2D eigenvalue weighted by molar-refractivity contribution is -0.130. The first-order valence-corrected chi connectivity index (χ1v) is 9.53. The van der Waals surface area contributed by atoms with Gasteiger partial charge in [0.2, 0.25) is 5.91 Å². The average molecular weight is 389 g/mol. The van der Waals surface area contributed by atoms with Crippen molar-refractivity contribution >= 4 is 17.1 Å². The molecule has 2 aromatic heterocycles. The molecule has 0 unspecified atom stereocenters. The van der Waals surface area contributed by atoms with Gasteiger partial charge in [-0.2, -0.15) is 0 Å². The molecule has 0 atom stereocenters. The molecule has 1 aliphatic rings. The fourth-order valence-electron chi connectivity index (χ4n) is 3.53. The summed E-state index contributed by atoms with van der Waals surface area (Å²) in [5.41, 5.74) is -0.533. The van der Waals surface area contributed by atoms with E-state index in [0.717, 1.165) is 30.3 Å². The van der Waals surface area contributed by atoms with Crippen molar-refractivity contribution in [2.45, 2.75) is 44.7 Å². The Morgan fingerprint density at radius 2 is 1.82 bits per heavy atom. The quantitative estimate of drug-likeness (QED) is 0.680. The first-order valence-electron chi connectivity index (χ1n) is 9.53. The second kappa shape index (κ2) is 8.17. The van der Waals surface area contributed by atoms with E-state index in [0.29, 0.717) is 13.0 Å². The van der Waals surface area contributed by atoms with Crippen LogP contribution < -0.4 is 11.2 Å². The van der Waals surface area contributed by atoms with Gasteiger partial charge >= 0.3 is 5.69 Å². The minimum absolute atomic E-state index is 0.0130. The monoisotopic (exact) mass is 389 g/mol. The zero-order valence-electron chi connectivity index (χ0n) is 16.9. The fraction of sp³-hybridized carbons (Fsp3) is 0.667. The van der Waals surface area contributed by atoms with E-state index >= 15 is 0 Å². The predicted molar refractivity (Wildman–Crippen MR) is 104 cm³/mol. The maximum atomic E-state index is 12.6. The zero-order valence-corrected chi connectivity index (χ0v) is 16.9. The molecule has 2 heterocycles. The van der Waals surface area contributed by atoms with Crippen molar-refractivity contribution < 1.29 is 4.79 Å². The number of carbonyl (C=O) groups excluding carboxylic acids is 1. The molecule has 1 aliphatic carbocycles. The van der Waals surface area contributed by atoms with Gasteiger partial charge in [-0.15, -0.1) is 10.2 Å². The van der Waals surface area contributed by atoms with Crippen LogP contribution in [0.25, 0.3) is 11.2 Å². The second-order valence-electron chi connectivity index (χ2n) is 7.66. The topological polar surface area (TPSA) is 106 Å². The van der Waals surface area contributed by atoms with Crippen molar-refractivity contribution in [3.63, 3.8) is 0 Å². The van der Waals surface area contributed by atoms with Crippen LogP contribution in [0.3, 0.4) is 0 Å². The van der Waals surface area contributed by atoms with Gasteiger partial charge in [0.15, 0.2) is 17.0 Å². The van der Waals surface area contributed by atoms with E-state index in [4.69, 9.17) is 0 Å². The summed E-state index contributed by atoms with van der Waals surface area (Å²) in [4.78, 5) is 45.3. The number of hydrogen-bond donors (Lipinski definition) is 0. The van der Waals surface area contributed by atoms with Crippen LogP contribution in [0.15, 0.2) is 9.59 Å². The highest BCUT2D eigenvalue weighted by atomic mass is 16.2. The summed E-state index contributed by atoms with van der Waals surface area (Å²) in [6.07, 6.45) is 4.22. The molecule has 0 aliphatic heterocycles. The molecular formula is C18H27N7O3. The van der Waals surface area contributed by atoms with E-state index in [-0.39, 0.29) is 41.2 Å². The Bertz CT molecular complexity index is 989. The Kier molecular flexibility index (Phi) is 5.87. The summed E-state index contributed by atoms with van der Waals surface area (Å²) in [5, 5.41) is 8.26. The number of hydrogen-bond acceptors (Lipinski definition) is 7.